The van der Waals surface area contributed by atoms with E-state index < -0.39 is 12.1 Å². The number of amides is 1. The second kappa shape index (κ2) is 10.1. The molecule has 1 saturated heterocycles. The molecule has 0 bridgehead atoms. The summed E-state index contributed by atoms with van der Waals surface area (Å²) in [6.45, 7) is 0.694. The van der Waals surface area contributed by atoms with E-state index >= 15 is 0 Å². The van der Waals surface area contributed by atoms with E-state index in [-0.39, 0.29) is 18.5 Å². The fraction of sp³-hybridized carbons (Fsp3) is 0.391. The van der Waals surface area contributed by atoms with Gasteiger partial charge >= 0.3 is 5.97 Å². The van der Waals surface area contributed by atoms with Crippen LogP contribution in [-0.4, -0.2) is 49.6 Å². The lowest BCUT2D eigenvalue weighted by Gasteiger charge is -2.26. The summed E-state index contributed by atoms with van der Waals surface area (Å²) in [7, 11) is 3.12. The second-order valence-corrected chi connectivity index (χ2v) is 7.28. The third-order valence-electron chi connectivity index (χ3n) is 5.25. The van der Waals surface area contributed by atoms with Gasteiger partial charge in [0.05, 0.1) is 20.3 Å². The van der Waals surface area contributed by atoms with Crippen LogP contribution in [0.4, 0.5) is 0 Å². The number of carbonyl (C=O) groups is 2. The molecule has 0 unspecified atom stereocenters. The van der Waals surface area contributed by atoms with E-state index in [2.05, 4.69) is 0 Å². The van der Waals surface area contributed by atoms with Crippen molar-refractivity contribution in [3.05, 3.63) is 59.7 Å². The van der Waals surface area contributed by atoms with Crippen LogP contribution in [0.2, 0.25) is 0 Å². The smallest absolute Gasteiger partial charge is 0.329 e. The number of hydrogen-bond acceptors (Lipinski definition) is 6. The Labute approximate surface area is 176 Å². The largest absolute Gasteiger partial charge is 0.493 e. The number of methoxy groups -OCH3 is 2. The van der Waals surface area contributed by atoms with Gasteiger partial charge in [0.25, 0.3) is 0 Å². The quantitative estimate of drug-likeness (QED) is 0.669. The fourth-order valence-corrected chi connectivity index (χ4v) is 3.66. The van der Waals surface area contributed by atoms with Crippen LogP contribution in [0.25, 0.3) is 0 Å². The fourth-order valence-electron chi connectivity index (χ4n) is 3.66. The molecule has 1 heterocycles. The average Bonchev–Trinajstić information content (AvgIpc) is 3.27. The predicted molar refractivity (Wildman–Crippen MR) is 112 cm³/mol. The van der Waals surface area contributed by atoms with Crippen LogP contribution in [0.5, 0.6) is 11.5 Å². The first kappa shape index (κ1) is 21.6. The van der Waals surface area contributed by atoms with Gasteiger partial charge in [-0.1, -0.05) is 36.4 Å². The van der Waals surface area contributed by atoms with Gasteiger partial charge in [-0.2, -0.15) is 0 Å². The van der Waals surface area contributed by atoms with E-state index in [1.54, 1.807) is 25.2 Å². The van der Waals surface area contributed by atoms with E-state index in [0.717, 1.165) is 17.5 Å². The highest BCUT2D eigenvalue weighted by Gasteiger charge is 2.37. The van der Waals surface area contributed by atoms with Crippen LogP contribution < -0.4 is 15.2 Å². The van der Waals surface area contributed by atoms with Gasteiger partial charge in [0.15, 0.2) is 11.5 Å². The Kier molecular flexibility index (Phi) is 7.30. The molecule has 30 heavy (non-hydrogen) atoms. The van der Waals surface area contributed by atoms with Crippen LogP contribution in [0.3, 0.4) is 0 Å². The summed E-state index contributed by atoms with van der Waals surface area (Å²) in [5.41, 5.74) is 7.97. The van der Waals surface area contributed by atoms with Gasteiger partial charge in [-0.3, -0.25) is 4.79 Å². The number of benzene rings is 2. The summed E-state index contributed by atoms with van der Waals surface area (Å²) in [5.74, 6) is 0.562. The lowest BCUT2D eigenvalue weighted by atomic mass is 10.0. The SMILES string of the molecule is COc1ccc(C[C@H](N)C(=O)N2CCC[C@@H]2C(=O)OCc2ccccc2)cc1OC. The van der Waals surface area contributed by atoms with Crippen LogP contribution in [-0.2, 0) is 27.4 Å². The highest BCUT2D eigenvalue weighted by atomic mass is 16.5. The maximum Gasteiger partial charge on any atom is 0.329 e. The Morgan fingerprint density at radius 3 is 2.50 bits per heavy atom. The Morgan fingerprint density at radius 1 is 1.07 bits per heavy atom. The molecule has 1 aliphatic rings. The molecule has 1 aliphatic heterocycles. The van der Waals surface area contributed by atoms with Crippen LogP contribution in [0.1, 0.15) is 24.0 Å². The molecule has 0 aliphatic carbocycles. The minimum absolute atomic E-state index is 0.190. The van der Waals surface area contributed by atoms with Crippen molar-refractivity contribution in [3.8, 4) is 11.5 Å². The van der Waals surface area contributed by atoms with E-state index in [0.29, 0.717) is 30.9 Å². The molecule has 3 rings (SSSR count). The van der Waals surface area contributed by atoms with Gasteiger partial charge in [0.1, 0.15) is 12.6 Å². The van der Waals surface area contributed by atoms with Gasteiger partial charge in [-0.15, -0.1) is 0 Å². The van der Waals surface area contributed by atoms with Crippen molar-refractivity contribution in [2.45, 2.75) is 38.0 Å². The normalized spacial score (nSPS) is 16.8. The summed E-state index contributed by atoms with van der Waals surface area (Å²) < 4.78 is 16.0. The average molecular weight is 412 g/mol. The Bertz CT molecular complexity index is 871. The van der Waals surface area contributed by atoms with E-state index in [4.69, 9.17) is 19.9 Å². The number of rotatable bonds is 8. The van der Waals surface area contributed by atoms with Gasteiger partial charge in [-0.25, -0.2) is 4.79 Å². The summed E-state index contributed by atoms with van der Waals surface area (Å²) >= 11 is 0. The number of ether oxygens (including phenoxy) is 3. The molecule has 0 radical (unpaired) electrons. The molecular formula is C23H28N2O5. The molecule has 0 spiro atoms. The van der Waals surface area contributed by atoms with Crippen molar-refractivity contribution in [1.29, 1.82) is 0 Å². The molecule has 7 heteroatoms. The molecule has 160 valence electrons. The number of nitrogens with zero attached hydrogens (tertiary/aromatic N) is 1. The molecule has 2 aromatic rings. The Balaban J connectivity index is 1.61. The molecule has 2 atom stereocenters. The zero-order valence-corrected chi connectivity index (χ0v) is 17.4. The molecule has 0 aromatic heterocycles. The number of hydrogen-bond donors (Lipinski definition) is 1. The van der Waals surface area contributed by atoms with Crippen LogP contribution >= 0.6 is 0 Å². The molecule has 1 amide bonds. The van der Waals surface area contributed by atoms with Crippen molar-refractivity contribution < 1.29 is 23.8 Å². The second-order valence-electron chi connectivity index (χ2n) is 7.28. The van der Waals surface area contributed by atoms with E-state index in [1.807, 2.05) is 42.5 Å². The van der Waals surface area contributed by atoms with Crippen molar-refractivity contribution in [3.63, 3.8) is 0 Å². The summed E-state index contributed by atoms with van der Waals surface area (Å²) in [4.78, 5) is 27.1. The van der Waals surface area contributed by atoms with Crippen molar-refractivity contribution >= 4 is 11.9 Å². The third kappa shape index (κ3) is 5.10. The lowest BCUT2D eigenvalue weighted by molar-refractivity contribution is -0.154. The van der Waals surface area contributed by atoms with Crippen molar-refractivity contribution in [1.82, 2.24) is 4.90 Å². The monoisotopic (exact) mass is 412 g/mol. The topological polar surface area (TPSA) is 91.1 Å². The molecule has 2 aromatic carbocycles. The van der Waals surface area contributed by atoms with E-state index in [9.17, 15) is 9.59 Å². The van der Waals surface area contributed by atoms with Gasteiger partial charge in [0.2, 0.25) is 5.91 Å². The minimum atomic E-state index is -0.759. The van der Waals surface area contributed by atoms with Crippen LogP contribution in [0, 0.1) is 0 Å². The standard InChI is InChI=1S/C23H28N2O5/c1-28-20-11-10-17(14-21(20)29-2)13-18(24)22(26)25-12-6-9-19(25)23(27)30-15-16-7-4-3-5-8-16/h3-5,7-8,10-11,14,18-19H,6,9,12-13,15,24H2,1-2H3/t18-,19+/m0/s1. The third-order valence-corrected chi connectivity index (χ3v) is 5.25. The first-order chi connectivity index (χ1) is 14.5. The molecule has 1 fully saturated rings. The number of likely N-dealkylation sites (tertiary alicyclic amines) is 1. The summed E-state index contributed by atoms with van der Waals surface area (Å²) in [6, 6.07) is 13.6. The van der Waals surface area contributed by atoms with E-state index in [1.165, 1.54) is 0 Å². The molecule has 2 N–H and O–H groups in total. The lowest BCUT2D eigenvalue weighted by Crippen LogP contribution is -2.49. The first-order valence-corrected chi connectivity index (χ1v) is 10.0. The summed E-state index contributed by atoms with van der Waals surface area (Å²) in [5, 5.41) is 0. The van der Waals surface area contributed by atoms with Gasteiger partial charge < -0.3 is 24.8 Å². The molecule has 0 saturated carbocycles. The first-order valence-electron chi connectivity index (χ1n) is 10.0. The predicted octanol–water partition coefficient (Wildman–Crippen LogP) is 2.31. The Morgan fingerprint density at radius 2 is 1.80 bits per heavy atom. The molecule has 7 nitrogen and oxygen atoms in total. The number of carbonyl (C=O) groups excluding carboxylic acids is 2. The van der Waals surface area contributed by atoms with Gasteiger partial charge in [-0.05, 0) is 42.5 Å². The zero-order chi connectivity index (χ0) is 21.5. The highest BCUT2D eigenvalue weighted by molar-refractivity contribution is 5.88. The van der Waals surface area contributed by atoms with Crippen LogP contribution in [0.15, 0.2) is 48.5 Å². The molecular weight excluding hydrogens is 384 g/mol. The number of esters is 1. The van der Waals surface area contributed by atoms with Gasteiger partial charge in [0, 0.05) is 6.54 Å². The van der Waals surface area contributed by atoms with Crippen molar-refractivity contribution in [2.24, 2.45) is 5.73 Å². The summed E-state index contributed by atoms with van der Waals surface area (Å²) in [6.07, 6.45) is 1.67. The Hall–Kier alpha value is -3.06. The minimum Gasteiger partial charge on any atom is -0.493 e. The zero-order valence-electron chi connectivity index (χ0n) is 17.4. The highest BCUT2D eigenvalue weighted by Crippen LogP contribution is 2.28. The maximum absolute atomic E-state index is 13.0. The van der Waals surface area contributed by atoms with Crippen molar-refractivity contribution in [2.75, 3.05) is 20.8 Å². The number of nitrogens with two attached hydrogens (primary N) is 1. The maximum atomic E-state index is 13.0.